The molecule has 0 amide bonds. The van der Waals surface area contributed by atoms with Crippen molar-refractivity contribution in [3.63, 3.8) is 0 Å². The molecule has 1 fully saturated rings. The molecule has 2 nitrogen and oxygen atoms in total. The third-order valence-electron chi connectivity index (χ3n) is 4.01. The first-order chi connectivity index (χ1) is 8.25. The zero-order chi connectivity index (χ0) is 11.8. The van der Waals surface area contributed by atoms with Crippen LogP contribution in [0.1, 0.15) is 43.6 Å². The summed E-state index contributed by atoms with van der Waals surface area (Å²) in [6, 6.07) is 0. The maximum Gasteiger partial charge on any atom is 0.127 e. The van der Waals surface area contributed by atoms with Crippen molar-refractivity contribution in [1.82, 2.24) is 9.55 Å². The van der Waals surface area contributed by atoms with Crippen molar-refractivity contribution in [2.24, 2.45) is 5.92 Å². The molecule has 2 aliphatic rings. The topological polar surface area (TPSA) is 17.8 Å². The summed E-state index contributed by atoms with van der Waals surface area (Å²) in [5.74, 6) is 5.48. The summed E-state index contributed by atoms with van der Waals surface area (Å²) in [6.45, 7) is 3.53. The Morgan fingerprint density at radius 2 is 2.06 bits per heavy atom. The smallest absolute Gasteiger partial charge is 0.127 e. The Balaban J connectivity index is 1.93. The van der Waals surface area contributed by atoms with Gasteiger partial charge < -0.3 is 4.57 Å². The van der Waals surface area contributed by atoms with Crippen LogP contribution in [0.15, 0.2) is 4.60 Å². The van der Waals surface area contributed by atoms with Crippen LogP contribution in [-0.4, -0.2) is 21.1 Å². The molecule has 1 unspecified atom stereocenters. The zero-order valence-corrected chi connectivity index (χ0v) is 12.7. The molecule has 3 heterocycles. The van der Waals surface area contributed by atoms with Gasteiger partial charge in [0.25, 0.3) is 0 Å². The standard InChI is InChI=1S/C13H19BrN2S/c1-9-2-3-11-12(14)15-13(16(11)8-9)10-4-6-17-7-5-10/h9-10H,2-8H2,1H3. The number of rotatable bonds is 1. The summed E-state index contributed by atoms with van der Waals surface area (Å²) in [6.07, 6.45) is 5.12. The molecule has 3 rings (SSSR count). The number of hydrogen-bond acceptors (Lipinski definition) is 2. The van der Waals surface area contributed by atoms with E-state index in [-0.39, 0.29) is 0 Å². The van der Waals surface area contributed by atoms with Crippen molar-refractivity contribution in [2.75, 3.05) is 11.5 Å². The number of hydrogen-bond donors (Lipinski definition) is 0. The number of halogens is 1. The van der Waals surface area contributed by atoms with Gasteiger partial charge in [0, 0.05) is 12.5 Å². The predicted octanol–water partition coefficient (Wildman–Crippen LogP) is 3.84. The van der Waals surface area contributed by atoms with Crippen LogP contribution in [0, 0.1) is 5.92 Å². The molecule has 0 aliphatic carbocycles. The SMILES string of the molecule is CC1CCc2c(Br)nc(C3CCSCC3)n2C1. The Kier molecular flexibility index (Phi) is 3.53. The number of nitrogens with zero attached hydrogens (tertiary/aromatic N) is 2. The van der Waals surface area contributed by atoms with Crippen molar-refractivity contribution in [3.05, 3.63) is 16.1 Å². The molecule has 17 heavy (non-hydrogen) atoms. The van der Waals surface area contributed by atoms with Gasteiger partial charge in [-0.15, -0.1) is 0 Å². The van der Waals surface area contributed by atoms with Crippen LogP contribution < -0.4 is 0 Å². The minimum Gasteiger partial charge on any atom is -0.330 e. The Labute approximate surface area is 116 Å². The summed E-state index contributed by atoms with van der Waals surface area (Å²) in [5.41, 5.74) is 1.44. The second kappa shape index (κ2) is 4.96. The van der Waals surface area contributed by atoms with Gasteiger partial charge in [0.05, 0.1) is 5.69 Å². The maximum atomic E-state index is 4.82. The lowest BCUT2D eigenvalue weighted by atomic mass is 9.98. The zero-order valence-electron chi connectivity index (χ0n) is 10.3. The van der Waals surface area contributed by atoms with Crippen molar-refractivity contribution in [1.29, 1.82) is 0 Å². The van der Waals surface area contributed by atoms with E-state index in [0.717, 1.165) is 10.5 Å². The molecular weight excluding hydrogens is 296 g/mol. The first-order valence-corrected chi connectivity index (χ1v) is 8.53. The molecule has 94 valence electrons. The summed E-state index contributed by atoms with van der Waals surface area (Å²) in [7, 11) is 0. The minimum absolute atomic E-state index is 0.701. The van der Waals surface area contributed by atoms with Gasteiger partial charge in [-0.1, -0.05) is 6.92 Å². The Hall–Kier alpha value is 0.0400. The fourth-order valence-electron chi connectivity index (χ4n) is 2.97. The Morgan fingerprint density at radius 3 is 2.82 bits per heavy atom. The van der Waals surface area contributed by atoms with Crippen molar-refractivity contribution in [3.8, 4) is 0 Å². The molecule has 0 N–H and O–H groups in total. The molecule has 0 spiro atoms. The normalized spacial score (nSPS) is 25.9. The summed E-state index contributed by atoms with van der Waals surface area (Å²) >= 11 is 5.74. The van der Waals surface area contributed by atoms with Gasteiger partial charge in [-0.2, -0.15) is 11.8 Å². The van der Waals surface area contributed by atoms with Crippen LogP contribution >= 0.6 is 27.7 Å². The maximum absolute atomic E-state index is 4.82. The molecule has 0 aromatic carbocycles. The van der Waals surface area contributed by atoms with Gasteiger partial charge in [-0.3, -0.25) is 0 Å². The van der Waals surface area contributed by atoms with E-state index in [0.29, 0.717) is 5.92 Å². The summed E-state index contributed by atoms with van der Waals surface area (Å²) in [4.78, 5) is 4.82. The van der Waals surface area contributed by atoms with Gasteiger partial charge >= 0.3 is 0 Å². The first-order valence-electron chi connectivity index (χ1n) is 6.58. The van der Waals surface area contributed by atoms with Crippen molar-refractivity contribution >= 4 is 27.7 Å². The molecule has 1 aromatic heterocycles. The van der Waals surface area contributed by atoms with Crippen LogP contribution in [0.4, 0.5) is 0 Å². The highest BCUT2D eigenvalue weighted by Gasteiger charge is 2.27. The van der Waals surface area contributed by atoms with Gasteiger partial charge in [-0.05, 0) is 59.0 Å². The number of aromatic nitrogens is 2. The monoisotopic (exact) mass is 314 g/mol. The molecular formula is C13H19BrN2S. The van der Waals surface area contributed by atoms with E-state index in [4.69, 9.17) is 4.98 Å². The second-order valence-corrected chi connectivity index (χ2v) is 7.32. The highest BCUT2D eigenvalue weighted by molar-refractivity contribution is 9.10. The molecule has 0 radical (unpaired) electrons. The van der Waals surface area contributed by atoms with E-state index < -0.39 is 0 Å². The summed E-state index contributed by atoms with van der Waals surface area (Å²) < 4.78 is 3.62. The van der Waals surface area contributed by atoms with Crippen LogP contribution in [0.3, 0.4) is 0 Å². The number of fused-ring (bicyclic) bond motifs is 1. The van der Waals surface area contributed by atoms with Gasteiger partial charge in [0.2, 0.25) is 0 Å². The number of imidazole rings is 1. The average molecular weight is 315 g/mol. The third-order valence-corrected chi connectivity index (χ3v) is 5.69. The van der Waals surface area contributed by atoms with Crippen molar-refractivity contribution < 1.29 is 0 Å². The lowest BCUT2D eigenvalue weighted by molar-refractivity contribution is 0.380. The van der Waals surface area contributed by atoms with Crippen molar-refractivity contribution in [2.45, 2.75) is 45.1 Å². The molecule has 0 saturated carbocycles. The van der Waals surface area contributed by atoms with E-state index in [1.54, 1.807) is 0 Å². The Morgan fingerprint density at radius 1 is 1.29 bits per heavy atom. The van der Waals surface area contributed by atoms with E-state index in [9.17, 15) is 0 Å². The average Bonchev–Trinajstić information content (AvgIpc) is 2.67. The van der Waals surface area contributed by atoms with E-state index in [1.807, 2.05) is 0 Å². The lowest BCUT2D eigenvalue weighted by Crippen LogP contribution is -2.22. The quantitative estimate of drug-likeness (QED) is 0.784. The highest BCUT2D eigenvalue weighted by Crippen LogP contribution is 2.36. The molecule has 0 bridgehead atoms. The molecule has 2 aliphatic heterocycles. The second-order valence-electron chi connectivity index (χ2n) is 5.35. The van der Waals surface area contributed by atoms with E-state index in [2.05, 4.69) is 39.2 Å². The van der Waals surface area contributed by atoms with Gasteiger partial charge in [0.15, 0.2) is 0 Å². The fraction of sp³-hybridized carbons (Fsp3) is 0.769. The Bertz CT molecular complexity index is 410. The van der Waals surface area contributed by atoms with E-state index in [1.165, 1.54) is 55.3 Å². The number of thioether (sulfide) groups is 1. The molecule has 1 atom stereocenters. The van der Waals surface area contributed by atoms with Crippen LogP contribution in [0.25, 0.3) is 0 Å². The van der Waals surface area contributed by atoms with Crippen LogP contribution in [0.2, 0.25) is 0 Å². The highest BCUT2D eigenvalue weighted by atomic mass is 79.9. The van der Waals surface area contributed by atoms with Gasteiger partial charge in [-0.25, -0.2) is 4.98 Å². The third kappa shape index (κ3) is 2.30. The lowest BCUT2D eigenvalue weighted by Gasteiger charge is -2.26. The van der Waals surface area contributed by atoms with E-state index >= 15 is 0 Å². The first kappa shape index (κ1) is 12.1. The van der Waals surface area contributed by atoms with Gasteiger partial charge in [0.1, 0.15) is 10.4 Å². The molecule has 4 heteroatoms. The van der Waals surface area contributed by atoms with Crippen LogP contribution in [0.5, 0.6) is 0 Å². The largest absolute Gasteiger partial charge is 0.330 e. The minimum atomic E-state index is 0.701. The molecule has 1 saturated heterocycles. The predicted molar refractivity (Wildman–Crippen MR) is 76.7 cm³/mol. The fourth-order valence-corrected chi connectivity index (χ4v) is 4.67. The molecule has 1 aromatic rings. The summed E-state index contributed by atoms with van der Waals surface area (Å²) in [5, 5.41) is 0. The van der Waals surface area contributed by atoms with Crippen LogP contribution in [-0.2, 0) is 13.0 Å².